The quantitative estimate of drug-likeness (QED) is 0.208. The first kappa shape index (κ1) is 22.4. The highest BCUT2D eigenvalue weighted by Gasteiger charge is 2.09. The van der Waals surface area contributed by atoms with Crippen LogP contribution in [0, 0.1) is 5.82 Å². The zero-order chi connectivity index (χ0) is 21.9. The fraction of sp³-hybridized carbons (Fsp3) is 0.320. The molecule has 0 aliphatic rings. The summed E-state index contributed by atoms with van der Waals surface area (Å²) in [4.78, 5) is 20.8. The van der Waals surface area contributed by atoms with Gasteiger partial charge in [0.1, 0.15) is 11.6 Å². The predicted octanol–water partition coefficient (Wildman–Crippen LogP) is 6.24. The summed E-state index contributed by atoms with van der Waals surface area (Å²) in [5, 5.41) is 0. The maximum absolute atomic E-state index is 13.0. The Morgan fingerprint density at radius 1 is 0.839 bits per heavy atom. The van der Waals surface area contributed by atoms with Gasteiger partial charge in [-0.2, -0.15) is 0 Å². The molecule has 5 nitrogen and oxygen atoms in total. The number of halogens is 1. The lowest BCUT2D eigenvalue weighted by atomic mass is 10.1. The number of hydrogen-bond acceptors (Lipinski definition) is 5. The number of benzene rings is 2. The third kappa shape index (κ3) is 7.17. The second-order valence-electron chi connectivity index (χ2n) is 7.28. The van der Waals surface area contributed by atoms with Gasteiger partial charge in [0.2, 0.25) is 0 Å². The number of unbranched alkanes of at least 4 members (excludes halogenated alkanes) is 5. The summed E-state index contributed by atoms with van der Waals surface area (Å²) in [5.41, 5.74) is 1.08. The molecule has 1 heterocycles. The van der Waals surface area contributed by atoms with E-state index in [1.165, 1.54) is 56.4 Å². The Morgan fingerprint density at radius 3 is 2.16 bits per heavy atom. The molecule has 0 spiro atoms. The van der Waals surface area contributed by atoms with Crippen molar-refractivity contribution in [3.05, 3.63) is 72.3 Å². The number of esters is 1. The summed E-state index contributed by atoms with van der Waals surface area (Å²) in [6.07, 6.45) is 10.6. The van der Waals surface area contributed by atoms with Crippen LogP contribution >= 0.6 is 0 Å². The Labute approximate surface area is 182 Å². The van der Waals surface area contributed by atoms with E-state index in [1.54, 1.807) is 36.7 Å². The Kier molecular flexibility index (Phi) is 8.52. The minimum atomic E-state index is -0.545. The molecule has 162 valence electrons. The van der Waals surface area contributed by atoms with Crippen molar-refractivity contribution in [3.63, 3.8) is 0 Å². The molecule has 0 unspecified atom stereocenters. The minimum Gasteiger partial charge on any atom is -0.490 e. The zero-order valence-electron chi connectivity index (χ0n) is 17.7. The second kappa shape index (κ2) is 11.8. The van der Waals surface area contributed by atoms with Gasteiger partial charge in [-0.05, 0) is 55.0 Å². The first-order chi connectivity index (χ1) is 15.2. The largest absolute Gasteiger partial charge is 0.490 e. The number of aromatic nitrogens is 2. The van der Waals surface area contributed by atoms with Crippen LogP contribution in [0.2, 0.25) is 0 Å². The fourth-order valence-electron chi connectivity index (χ4n) is 3.04. The van der Waals surface area contributed by atoms with Crippen molar-refractivity contribution in [1.82, 2.24) is 9.97 Å². The fourth-order valence-corrected chi connectivity index (χ4v) is 3.04. The predicted molar refractivity (Wildman–Crippen MR) is 118 cm³/mol. The summed E-state index contributed by atoms with van der Waals surface area (Å²) in [5.74, 6) is 0.651. The molecule has 31 heavy (non-hydrogen) atoms. The second-order valence-corrected chi connectivity index (χ2v) is 7.28. The van der Waals surface area contributed by atoms with Crippen LogP contribution in [0.3, 0.4) is 0 Å². The highest BCUT2D eigenvalue weighted by atomic mass is 19.1. The van der Waals surface area contributed by atoms with Gasteiger partial charge in [-0.15, -0.1) is 0 Å². The Morgan fingerprint density at radius 2 is 1.48 bits per heavy atom. The zero-order valence-corrected chi connectivity index (χ0v) is 17.7. The SMILES string of the molecule is CCCCCCCCOc1cnc(-c2ccc(OC(=O)c3ccc(F)cc3)cc2)nc1. The number of carbonyl (C=O) groups excluding carboxylic acids is 1. The monoisotopic (exact) mass is 422 g/mol. The molecule has 0 fully saturated rings. The van der Waals surface area contributed by atoms with Crippen LogP contribution in [0.5, 0.6) is 11.5 Å². The molecule has 0 aliphatic carbocycles. The van der Waals surface area contributed by atoms with Gasteiger partial charge in [-0.25, -0.2) is 19.2 Å². The van der Waals surface area contributed by atoms with E-state index in [0.29, 0.717) is 23.9 Å². The minimum absolute atomic E-state index is 0.283. The van der Waals surface area contributed by atoms with E-state index in [9.17, 15) is 9.18 Å². The van der Waals surface area contributed by atoms with E-state index in [2.05, 4.69) is 16.9 Å². The average molecular weight is 423 g/mol. The molecule has 3 aromatic rings. The van der Waals surface area contributed by atoms with Crippen LogP contribution in [-0.2, 0) is 0 Å². The third-order valence-corrected chi connectivity index (χ3v) is 4.80. The molecular formula is C25H27FN2O3. The summed E-state index contributed by atoms with van der Waals surface area (Å²) in [6, 6.07) is 12.1. The molecule has 0 aliphatic heterocycles. The topological polar surface area (TPSA) is 61.3 Å². The molecule has 0 amide bonds. The van der Waals surface area contributed by atoms with Crippen LogP contribution in [0.25, 0.3) is 11.4 Å². The van der Waals surface area contributed by atoms with Crippen molar-refractivity contribution < 1.29 is 18.7 Å². The van der Waals surface area contributed by atoms with E-state index in [-0.39, 0.29) is 5.56 Å². The third-order valence-electron chi connectivity index (χ3n) is 4.80. The summed E-state index contributed by atoms with van der Waals surface area (Å²) < 4.78 is 24.0. The summed E-state index contributed by atoms with van der Waals surface area (Å²) >= 11 is 0. The van der Waals surface area contributed by atoms with Crippen LogP contribution < -0.4 is 9.47 Å². The van der Waals surface area contributed by atoms with Crippen molar-refractivity contribution in [2.75, 3.05) is 6.61 Å². The Hall–Kier alpha value is -3.28. The van der Waals surface area contributed by atoms with E-state index in [4.69, 9.17) is 9.47 Å². The molecule has 0 atom stereocenters. The number of rotatable bonds is 11. The van der Waals surface area contributed by atoms with Crippen LogP contribution in [0.1, 0.15) is 55.8 Å². The van der Waals surface area contributed by atoms with Crippen LogP contribution in [0.4, 0.5) is 4.39 Å². The lowest BCUT2D eigenvalue weighted by molar-refractivity contribution is 0.0734. The highest BCUT2D eigenvalue weighted by Crippen LogP contribution is 2.21. The Bertz CT molecular complexity index is 942. The van der Waals surface area contributed by atoms with Gasteiger partial charge in [0, 0.05) is 5.56 Å². The van der Waals surface area contributed by atoms with E-state index < -0.39 is 11.8 Å². The van der Waals surface area contributed by atoms with E-state index >= 15 is 0 Å². The summed E-state index contributed by atoms with van der Waals surface area (Å²) in [7, 11) is 0. The van der Waals surface area contributed by atoms with Gasteiger partial charge in [0.05, 0.1) is 24.6 Å². The number of carbonyl (C=O) groups is 1. The lowest BCUT2D eigenvalue weighted by Gasteiger charge is -2.07. The van der Waals surface area contributed by atoms with Crippen molar-refractivity contribution >= 4 is 5.97 Å². The molecule has 0 saturated heterocycles. The molecule has 1 aromatic heterocycles. The van der Waals surface area contributed by atoms with Gasteiger partial charge < -0.3 is 9.47 Å². The van der Waals surface area contributed by atoms with Gasteiger partial charge in [-0.1, -0.05) is 39.0 Å². The van der Waals surface area contributed by atoms with Crippen molar-refractivity contribution in [1.29, 1.82) is 0 Å². The molecule has 0 saturated carbocycles. The standard InChI is InChI=1S/C25H27FN2O3/c1-2-3-4-5-6-7-16-30-23-17-27-24(28-18-23)19-10-14-22(15-11-19)31-25(29)20-8-12-21(26)13-9-20/h8-15,17-18H,2-7,16H2,1H3. The molecule has 2 aromatic carbocycles. The smallest absolute Gasteiger partial charge is 0.343 e. The maximum Gasteiger partial charge on any atom is 0.343 e. The molecule has 3 rings (SSSR count). The van der Waals surface area contributed by atoms with E-state index in [1.807, 2.05) is 0 Å². The molecule has 0 N–H and O–H groups in total. The molecule has 0 radical (unpaired) electrons. The first-order valence-electron chi connectivity index (χ1n) is 10.7. The van der Waals surface area contributed by atoms with E-state index in [0.717, 1.165) is 12.0 Å². The van der Waals surface area contributed by atoms with Gasteiger partial charge >= 0.3 is 5.97 Å². The van der Waals surface area contributed by atoms with Gasteiger partial charge in [-0.3, -0.25) is 0 Å². The van der Waals surface area contributed by atoms with Crippen molar-refractivity contribution in [2.24, 2.45) is 0 Å². The van der Waals surface area contributed by atoms with Gasteiger partial charge in [0.25, 0.3) is 0 Å². The normalized spacial score (nSPS) is 10.6. The van der Waals surface area contributed by atoms with Crippen LogP contribution in [0.15, 0.2) is 60.9 Å². The number of nitrogens with zero attached hydrogens (tertiary/aromatic N) is 2. The van der Waals surface area contributed by atoms with Gasteiger partial charge in [0.15, 0.2) is 11.6 Å². The Balaban J connectivity index is 1.48. The first-order valence-corrected chi connectivity index (χ1v) is 10.7. The molecular weight excluding hydrogens is 395 g/mol. The van der Waals surface area contributed by atoms with Crippen LogP contribution in [-0.4, -0.2) is 22.5 Å². The summed E-state index contributed by atoms with van der Waals surface area (Å²) in [6.45, 7) is 2.88. The lowest BCUT2D eigenvalue weighted by Crippen LogP contribution is -2.08. The van der Waals surface area contributed by atoms with Crippen molar-refractivity contribution in [3.8, 4) is 22.9 Å². The average Bonchev–Trinajstić information content (AvgIpc) is 2.80. The van der Waals surface area contributed by atoms with Crippen molar-refractivity contribution in [2.45, 2.75) is 45.4 Å². The number of hydrogen-bond donors (Lipinski definition) is 0. The molecule has 6 heteroatoms. The molecule has 0 bridgehead atoms. The number of ether oxygens (including phenoxy) is 2. The highest BCUT2D eigenvalue weighted by molar-refractivity contribution is 5.91. The maximum atomic E-state index is 13.0.